The molecule has 1 aliphatic rings. The summed E-state index contributed by atoms with van der Waals surface area (Å²) >= 11 is 0. The van der Waals surface area contributed by atoms with Gasteiger partial charge in [0.15, 0.2) is 0 Å². The molecule has 0 aliphatic carbocycles. The molecule has 1 aliphatic heterocycles. The van der Waals surface area contributed by atoms with E-state index in [1.807, 2.05) is 19.1 Å². The zero-order valence-corrected chi connectivity index (χ0v) is 14.0. The summed E-state index contributed by atoms with van der Waals surface area (Å²) in [7, 11) is -3.54. The van der Waals surface area contributed by atoms with E-state index in [1.54, 1.807) is 18.3 Å². The van der Waals surface area contributed by atoms with E-state index in [9.17, 15) is 8.42 Å². The van der Waals surface area contributed by atoms with Gasteiger partial charge in [-0.05, 0) is 37.5 Å². The summed E-state index contributed by atoms with van der Waals surface area (Å²) in [6, 6.07) is 7.14. The van der Waals surface area contributed by atoms with Crippen molar-refractivity contribution in [1.82, 2.24) is 9.29 Å². The number of aryl methyl sites for hydroxylation is 1. The lowest BCUT2D eigenvalue weighted by Crippen LogP contribution is -2.45. The fourth-order valence-electron chi connectivity index (χ4n) is 2.78. The molecule has 1 saturated heterocycles. The van der Waals surface area contributed by atoms with Gasteiger partial charge in [0, 0.05) is 30.7 Å². The predicted octanol–water partition coefficient (Wildman–Crippen LogP) is 2.08. The Morgan fingerprint density at radius 1 is 1.36 bits per heavy atom. The van der Waals surface area contributed by atoms with Gasteiger partial charge in [0.1, 0.15) is 4.90 Å². The second kappa shape index (κ2) is 6.50. The summed E-state index contributed by atoms with van der Waals surface area (Å²) in [5.74, 6) is 0. The maximum absolute atomic E-state index is 12.9. The Hall–Kier alpha value is -1.21. The second-order valence-corrected chi connectivity index (χ2v) is 7.51. The van der Waals surface area contributed by atoms with E-state index in [-0.39, 0.29) is 23.3 Å². The molecule has 3 rings (SSSR count). The van der Waals surface area contributed by atoms with E-state index >= 15 is 0 Å². The lowest BCUT2D eigenvalue weighted by atomic mass is 10.1. The van der Waals surface area contributed by atoms with Gasteiger partial charge < -0.3 is 5.73 Å². The molecule has 0 bridgehead atoms. The molecule has 1 fully saturated rings. The smallest absolute Gasteiger partial charge is 0.245 e. The fraction of sp³-hybridized carbons (Fsp3) is 0.400. The minimum atomic E-state index is -3.54. The van der Waals surface area contributed by atoms with Crippen LogP contribution < -0.4 is 5.73 Å². The average molecular weight is 342 g/mol. The molecule has 0 spiro atoms. The van der Waals surface area contributed by atoms with Crippen molar-refractivity contribution in [3.8, 4) is 0 Å². The van der Waals surface area contributed by atoms with Gasteiger partial charge in [0.05, 0.1) is 5.52 Å². The number of hydrogen-bond donors (Lipinski definition) is 1. The van der Waals surface area contributed by atoms with E-state index in [2.05, 4.69) is 4.98 Å². The first-order valence-corrected chi connectivity index (χ1v) is 8.53. The number of hydrogen-bond acceptors (Lipinski definition) is 4. The van der Waals surface area contributed by atoms with Crippen LogP contribution in [0.2, 0.25) is 0 Å². The minimum Gasteiger partial charge on any atom is -0.327 e. The van der Waals surface area contributed by atoms with Crippen molar-refractivity contribution < 1.29 is 8.42 Å². The van der Waals surface area contributed by atoms with Gasteiger partial charge in [0.25, 0.3) is 0 Å². The standard InChI is InChI=1S/C15H19N3O2S.ClH/c1-11-8-12-4-2-6-14(15(12)17-9-11)21(19,20)18-7-3-5-13(16)10-18;/h2,4,6,8-9,13H,3,5,7,10,16H2,1H3;1H/t13-;/m1./s1. The predicted molar refractivity (Wildman–Crippen MR) is 89.7 cm³/mol. The molecular weight excluding hydrogens is 322 g/mol. The summed E-state index contributed by atoms with van der Waals surface area (Å²) < 4.78 is 27.2. The van der Waals surface area contributed by atoms with Crippen LogP contribution in [-0.4, -0.2) is 36.8 Å². The highest BCUT2D eigenvalue weighted by Crippen LogP contribution is 2.26. The van der Waals surface area contributed by atoms with Gasteiger partial charge >= 0.3 is 0 Å². The maximum Gasteiger partial charge on any atom is 0.245 e. The third-order valence-corrected chi connectivity index (χ3v) is 5.75. The van der Waals surface area contributed by atoms with Crippen LogP contribution in [0.3, 0.4) is 0 Å². The number of piperidine rings is 1. The maximum atomic E-state index is 12.9. The van der Waals surface area contributed by atoms with Gasteiger partial charge in [-0.25, -0.2) is 8.42 Å². The van der Waals surface area contributed by atoms with Crippen molar-refractivity contribution in [2.45, 2.75) is 30.7 Å². The zero-order valence-electron chi connectivity index (χ0n) is 12.4. The molecule has 2 aromatic rings. The Bertz CT molecular complexity index is 779. The van der Waals surface area contributed by atoms with Crippen molar-refractivity contribution in [2.75, 3.05) is 13.1 Å². The van der Waals surface area contributed by atoms with Gasteiger partial charge in [0.2, 0.25) is 10.0 Å². The molecule has 7 heteroatoms. The normalized spacial score (nSPS) is 19.8. The molecule has 1 aromatic carbocycles. The van der Waals surface area contributed by atoms with Gasteiger partial charge in [-0.2, -0.15) is 4.31 Å². The fourth-order valence-corrected chi connectivity index (χ4v) is 4.48. The Labute approximate surface area is 137 Å². The Morgan fingerprint density at radius 2 is 2.14 bits per heavy atom. The van der Waals surface area contributed by atoms with E-state index < -0.39 is 10.0 Å². The molecule has 0 saturated carbocycles. The van der Waals surface area contributed by atoms with Crippen LogP contribution in [0.25, 0.3) is 10.9 Å². The van der Waals surface area contributed by atoms with E-state index in [0.717, 1.165) is 23.8 Å². The van der Waals surface area contributed by atoms with Crippen LogP contribution in [0.5, 0.6) is 0 Å². The largest absolute Gasteiger partial charge is 0.327 e. The van der Waals surface area contributed by atoms with Gasteiger partial charge in [-0.1, -0.05) is 12.1 Å². The number of rotatable bonds is 2. The SMILES string of the molecule is Cc1cnc2c(S(=O)(=O)N3CCC[C@@H](N)C3)cccc2c1.Cl. The average Bonchev–Trinajstić information content (AvgIpc) is 2.46. The third kappa shape index (κ3) is 3.10. The number of nitrogens with two attached hydrogens (primary N) is 1. The van der Waals surface area contributed by atoms with Gasteiger partial charge in [-0.3, -0.25) is 4.98 Å². The third-order valence-electron chi connectivity index (χ3n) is 3.85. The van der Waals surface area contributed by atoms with E-state index in [4.69, 9.17) is 5.73 Å². The summed E-state index contributed by atoms with van der Waals surface area (Å²) in [5, 5.41) is 0.845. The van der Waals surface area contributed by atoms with Crippen molar-refractivity contribution in [3.05, 3.63) is 36.0 Å². The summed E-state index contributed by atoms with van der Waals surface area (Å²) in [5.41, 5.74) is 7.45. The van der Waals surface area contributed by atoms with Crippen LogP contribution in [-0.2, 0) is 10.0 Å². The molecule has 0 unspecified atom stereocenters. The number of aromatic nitrogens is 1. The quantitative estimate of drug-likeness (QED) is 0.907. The molecule has 0 radical (unpaired) electrons. The summed E-state index contributed by atoms with van der Waals surface area (Å²) in [6.45, 7) is 2.85. The van der Waals surface area contributed by atoms with E-state index in [1.165, 1.54) is 4.31 Å². The monoisotopic (exact) mass is 341 g/mol. The van der Waals surface area contributed by atoms with Crippen molar-refractivity contribution in [3.63, 3.8) is 0 Å². The van der Waals surface area contributed by atoms with Crippen LogP contribution in [0.1, 0.15) is 18.4 Å². The number of para-hydroxylation sites is 1. The van der Waals surface area contributed by atoms with Crippen LogP contribution >= 0.6 is 12.4 Å². The highest BCUT2D eigenvalue weighted by Gasteiger charge is 2.30. The number of fused-ring (bicyclic) bond motifs is 1. The Kier molecular flexibility index (Phi) is 5.07. The molecule has 120 valence electrons. The summed E-state index contributed by atoms with van der Waals surface area (Å²) in [4.78, 5) is 4.60. The number of benzene rings is 1. The molecule has 22 heavy (non-hydrogen) atoms. The van der Waals surface area contributed by atoms with Gasteiger partial charge in [-0.15, -0.1) is 12.4 Å². The zero-order chi connectivity index (χ0) is 15.0. The van der Waals surface area contributed by atoms with Crippen molar-refractivity contribution in [2.24, 2.45) is 5.73 Å². The Balaban J connectivity index is 0.00000176. The molecule has 1 atom stereocenters. The summed E-state index contributed by atoms with van der Waals surface area (Å²) in [6.07, 6.45) is 3.37. The lowest BCUT2D eigenvalue weighted by molar-refractivity contribution is 0.316. The number of nitrogens with zero attached hydrogens (tertiary/aromatic N) is 2. The minimum absolute atomic E-state index is 0. The number of pyridine rings is 1. The number of halogens is 1. The Morgan fingerprint density at radius 3 is 2.86 bits per heavy atom. The first kappa shape index (κ1) is 17.1. The second-order valence-electron chi connectivity index (χ2n) is 5.61. The number of sulfonamides is 1. The van der Waals surface area contributed by atoms with Crippen LogP contribution in [0.4, 0.5) is 0 Å². The lowest BCUT2D eigenvalue weighted by Gasteiger charge is -2.30. The molecular formula is C15H20ClN3O2S. The molecule has 2 heterocycles. The van der Waals surface area contributed by atoms with Crippen LogP contribution in [0.15, 0.2) is 35.4 Å². The van der Waals surface area contributed by atoms with E-state index in [0.29, 0.717) is 18.6 Å². The highest BCUT2D eigenvalue weighted by atomic mass is 35.5. The molecule has 1 aromatic heterocycles. The first-order valence-electron chi connectivity index (χ1n) is 7.09. The highest BCUT2D eigenvalue weighted by molar-refractivity contribution is 7.89. The van der Waals surface area contributed by atoms with Crippen molar-refractivity contribution >= 4 is 33.3 Å². The molecule has 5 nitrogen and oxygen atoms in total. The topological polar surface area (TPSA) is 76.3 Å². The van der Waals surface area contributed by atoms with Crippen LogP contribution in [0, 0.1) is 6.92 Å². The molecule has 2 N–H and O–H groups in total. The first-order chi connectivity index (χ1) is 9.98. The van der Waals surface area contributed by atoms with Crippen molar-refractivity contribution in [1.29, 1.82) is 0 Å². The molecule has 0 amide bonds.